The van der Waals surface area contributed by atoms with E-state index in [1.165, 1.54) is 0 Å². The molecule has 8 nitrogen and oxygen atoms in total. The number of carbonyl (C=O) groups is 2. The minimum Gasteiger partial charge on any atom is -0.497 e. The van der Waals surface area contributed by atoms with Crippen LogP contribution < -0.4 is 15.2 Å². The third kappa shape index (κ3) is 4.06. The van der Waals surface area contributed by atoms with Gasteiger partial charge in [0.15, 0.2) is 6.61 Å². The van der Waals surface area contributed by atoms with Crippen molar-refractivity contribution in [3.8, 4) is 22.8 Å². The van der Waals surface area contributed by atoms with Crippen molar-refractivity contribution in [3.05, 3.63) is 84.1 Å². The maximum atomic E-state index is 12.4. The Labute approximate surface area is 200 Å². The van der Waals surface area contributed by atoms with Crippen molar-refractivity contribution >= 4 is 33.7 Å². The summed E-state index contributed by atoms with van der Waals surface area (Å²) in [6.07, 6.45) is 1.56. The van der Waals surface area contributed by atoms with Crippen LogP contribution in [-0.2, 0) is 11.3 Å². The van der Waals surface area contributed by atoms with Crippen molar-refractivity contribution in [2.45, 2.75) is 6.54 Å². The van der Waals surface area contributed by atoms with Crippen LogP contribution in [-0.4, -0.2) is 35.3 Å². The Balaban J connectivity index is 1.83. The lowest BCUT2D eigenvalue weighted by Gasteiger charge is -2.11. The van der Waals surface area contributed by atoms with Crippen LogP contribution in [0.25, 0.3) is 33.1 Å². The molecular weight excluding hydrogens is 448 g/mol. The number of carbonyl (C=O) groups excluding carboxylic acids is 1. The van der Waals surface area contributed by atoms with E-state index in [9.17, 15) is 14.7 Å². The van der Waals surface area contributed by atoms with E-state index in [-0.39, 0.29) is 0 Å². The first-order valence-electron chi connectivity index (χ1n) is 10.9. The number of methoxy groups -OCH3 is 1. The molecule has 3 N–H and O–H groups in total. The number of primary amides is 1. The molecule has 3 aromatic carbocycles. The van der Waals surface area contributed by atoms with E-state index in [2.05, 4.69) is 4.57 Å². The second kappa shape index (κ2) is 8.90. The minimum atomic E-state index is -1.11. The Morgan fingerprint density at radius 3 is 2.46 bits per heavy atom. The maximum absolute atomic E-state index is 12.4. The van der Waals surface area contributed by atoms with Crippen LogP contribution >= 0.6 is 0 Å². The lowest BCUT2D eigenvalue weighted by molar-refractivity contribution is -0.139. The number of hydrogen-bond acceptors (Lipinski definition) is 5. The molecule has 2 heterocycles. The largest absolute Gasteiger partial charge is 0.497 e. The number of fused-ring (bicyclic) bond motifs is 3. The number of benzene rings is 3. The van der Waals surface area contributed by atoms with Crippen molar-refractivity contribution < 1.29 is 28.6 Å². The van der Waals surface area contributed by atoms with Gasteiger partial charge in [-0.05, 0) is 54.1 Å². The third-order valence-electron chi connectivity index (χ3n) is 5.88. The summed E-state index contributed by atoms with van der Waals surface area (Å²) >= 11 is 0. The summed E-state index contributed by atoms with van der Waals surface area (Å²) in [5.74, 6) is -0.0274. The number of furan rings is 1. The Kier molecular flexibility index (Phi) is 5.62. The van der Waals surface area contributed by atoms with Crippen molar-refractivity contribution in [3.63, 3.8) is 0 Å². The molecule has 35 heavy (non-hydrogen) atoms. The number of ether oxygens (including phenoxy) is 2. The molecular formula is C27H22N2O6. The summed E-state index contributed by atoms with van der Waals surface area (Å²) in [6, 6.07) is 20.3. The van der Waals surface area contributed by atoms with Gasteiger partial charge in [0.05, 0.1) is 29.8 Å². The van der Waals surface area contributed by atoms with Gasteiger partial charge in [-0.25, -0.2) is 4.79 Å². The van der Waals surface area contributed by atoms with Crippen LogP contribution in [0.15, 0.2) is 77.4 Å². The molecule has 0 spiro atoms. The second-order valence-electron chi connectivity index (χ2n) is 8.03. The second-order valence-corrected chi connectivity index (χ2v) is 8.03. The van der Waals surface area contributed by atoms with E-state index in [1.807, 2.05) is 42.5 Å². The summed E-state index contributed by atoms with van der Waals surface area (Å²) in [5, 5.41) is 10.5. The van der Waals surface area contributed by atoms with Crippen LogP contribution in [0.3, 0.4) is 0 Å². The first-order valence-corrected chi connectivity index (χ1v) is 10.9. The molecule has 1 amide bonds. The number of rotatable bonds is 8. The number of nitrogens with two attached hydrogens (primary N) is 1. The molecule has 0 aliphatic rings. The predicted molar refractivity (Wildman–Crippen MR) is 131 cm³/mol. The van der Waals surface area contributed by atoms with Gasteiger partial charge in [-0.2, -0.15) is 0 Å². The highest BCUT2D eigenvalue weighted by Crippen LogP contribution is 2.41. The Morgan fingerprint density at radius 2 is 1.80 bits per heavy atom. The molecule has 0 bridgehead atoms. The summed E-state index contributed by atoms with van der Waals surface area (Å²) in [5.41, 5.74) is 9.29. The monoisotopic (exact) mass is 470 g/mol. The first kappa shape index (κ1) is 22.1. The quantitative estimate of drug-likeness (QED) is 0.340. The molecule has 5 aromatic rings. The number of aliphatic carboxylic acids is 1. The van der Waals surface area contributed by atoms with Gasteiger partial charge in [0.1, 0.15) is 17.3 Å². The number of carboxylic acids is 1. The molecule has 8 heteroatoms. The van der Waals surface area contributed by atoms with Crippen molar-refractivity contribution in [2.75, 3.05) is 13.7 Å². The SMILES string of the molecule is COc1ccc(Cn2c3cc(-c4ccco4)cc(OCC(=O)O)c3c3c(C(N)=O)cccc32)cc1. The molecule has 0 unspecified atom stereocenters. The van der Waals surface area contributed by atoms with Crippen molar-refractivity contribution in [1.29, 1.82) is 0 Å². The molecule has 0 saturated carbocycles. The van der Waals surface area contributed by atoms with E-state index < -0.39 is 18.5 Å². The predicted octanol–water partition coefficient (Wildman–Crippen LogP) is 4.67. The average Bonchev–Trinajstić information content (AvgIpc) is 3.50. The topological polar surface area (TPSA) is 117 Å². The van der Waals surface area contributed by atoms with Gasteiger partial charge >= 0.3 is 5.97 Å². The van der Waals surface area contributed by atoms with Crippen LogP contribution in [0.1, 0.15) is 15.9 Å². The number of nitrogens with zero attached hydrogens (tertiary/aromatic N) is 1. The highest BCUT2D eigenvalue weighted by molar-refractivity contribution is 6.20. The van der Waals surface area contributed by atoms with Gasteiger partial charge in [-0.3, -0.25) is 4.79 Å². The third-order valence-corrected chi connectivity index (χ3v) is 5.88. The van der Waals surface area contributed by atoms with E-state index in [0.29, 0.717) is 40.0 Å². The molecule has 2 aromatic heterocycles. The normalized spacial score (nSPS) is 11.1. The van der Waals surface area contributed by atoms with E-state index in [4.69, 9.17) is 19.6 Å². The smallest absolute Gasteiger partial charge is 0.341 e. The fourth-order valence-electron chi connectivity index (χ4n) is 4.35. The lowest BCUT2D eigenvalue weighted by atomic mass is 10.0. The zero-order valence-electron chi connectivity index (χ0n) is 18.9. The molecule has 0 fully saturated rings. The highest BCUT2D eigenvalue weighted by atomic mass is 16.5. The van der Waals surface area contributed by atoms with E-state index >= 15 is 0 Å². The fraction of sp³-hybridized carbons (Fsp3) is 0.111. The molecule has 0 radical (unpaired) electrons. The highest BCUT2D eigenvalue weighted by Gasteiger charge is 2.22. The van der Waals surface area contributed by atoms with Crippen LogP contribution in [0.2, 0.25) is 0 Å². The van der Waals surface area contributed by atoms with Gasteiger partial charge < -0.3 is 29.3 Å². The number of hydrogen-bond donors (Lipinski definition) is 2. The maximum Gasteiger partial charge on any atom is 0.341 e. The van der Waals surface area contributed by atoms with Gasteiger partial charge in [-0.15, -0.1) is 0 Å². The molecule has 5 rings (SSSR count). The first-order chi connectivity index (χ1) is 17.0. The zero-order valence-corrected chi connectivity index (χ0v) is 18.9. The van der Waals surface area contributed by atoms with Crippen LogP contribution in [0.4, 0.5) is 0 Å². The van der Waals surface area contributed by atoms with Gasteiger partial charge in [-0.1, -0.05) is 18.2 Å². The lowest BCUT2D eigenvalue weighted by Crippen LogP contribution is -2.11. The Bertz CT molecular complexity index is 1550. The minimum absolute atomic E-state index is 0.323. The summed E-state index contributed by atoms with van der Waals surface area (Å²) in [6.45, 7) is -0.0627. The molecule has 0 aliphatic heterocycles. The number of amides is 1. The van der Waals surface area contributed by atoms with E-state index in [0.717, 1.165) is 22.3 Å². The average molecular weight is 470 g/mol. The Hall–Kier alpha value is -4.72. The molecule has 176 valence electrons. The van der Waals surface area contributed by atoms with Gasteiger partial charge in [0.2, 0.25) is 5.91 Å². The molecule has 0 saturated heterocycles. The number of carboxylic acid groups (broad SMARTS) is 1. The fourth-order valence-corrected chi connectivity index (χ4v) is 4.35. The van der Waals surface area contributed by atoms with Gasteiger partial charge in [0, 0.05) is 23.1 Å². The molecule has 0 aliphatic carbocycles. The van der Waals surface area contributed by atoms with Gasteiger partial charge in [0.25, 0.3) is 0 Å². The van der Waals surface area contributed by atoms with E-state index in [1.54, 1.807) is 37.6 Å². The number of aromatic nitrogens is 1. The molecule has 0 atom stereocenters. The van der Waals surface area contributed by atoms with Crippen molar-refractivity contribution in [1.82, 2.24) is 4.57 Å². The van der Waals surface area contributed by atoms with Crippen LogP contribution in [0.5, 0.6) is 11.5 Å². The Morgan fingerprint density at radius 1 is 1.00 bits per heavy atom. The van der Waals surface area contributed by atoms with Crippen molar-refractivity contribution in [2.24, 2.45) is 5.73 Å². The van der Waals surface area contributed by atoms with Crippen LogP contribution in [0, 0.1) is 0 Å². The summed E-state index contributed by atoms with van der Waals surface area (Å²) in [4.78, 5) is 23.7. The standard InChI is InChI=1S/C27H22N2O6/c1-33-18-9-7-16(8-10-18)14-29-20-5-2-4-19(27(28)32)25(20)26-21(29)12-17(22-6-3-11-34-22)13-23(26)35-15-24(30)31/h2-13H,14-15H2,1H3,(H2,28,32)(H,30,31). The summed E-state index contributed by atoms with van der Waals surface area (Å²) < 4.78 is 18.7. The summed E-state index contributed by atoms with van der Waals surface area (Å²) in [7, 11) is 1.61. The zero-order chi connectivity index (χ0) is 24.5.